The van der Waals surface area contributed by atoms with Gasteiger partial charge in [0.25, 0.3) is 5.89 Å². The van der Waals surface area contributed by atoms with Crippen LogP contribution < -0.4 is 5.32 Å². The number of nitrogens with one attached hydrogen (secondary N) is 1. The molecule has 0 aliphatic carbocycles. The van der Waals surface area contributed by atoms with Crippen LogP contribution in [0.3, 0.4) is 0 Å². The molecule has 0 bridgehead atoms. The highest BCUT2D eigenvalue weighted by Gasteiger charge is 2.27. The van der Waals surface area contributed by atoms with Crippen LogP contribution in [-0.2, 0) is 14.8 Å². The molecular formula is C16H20N4O5S. The Bertz CT molecular complexity index is 932. The zero-order valence-corrected chi connectivity index (χ0v) is 15.6. The second kappa shape index (κ2) is 7.11. The number of hydrogen-bond donors (Lipinski definition) is 1. The van der Waals surface area contributed by atoms with E-state index in [0.29, 0.717) is 6.54 Å². The normalized spacial score (nSPS) is 17.6. The summed E-state index contributed by atoms with van der Waals surface area (Å²) in [4.78, 5) is 4.12. The van der Waals surface area contributed by atoms with Gasteiger partial charge in [-0.15, -0.1) is 0 Å². The molecule has 0 radical (unpaired) electrons. The van der Waals surface area contributed by atoms with Crippen molar-refractivity contribution in [3.8, 4) is 17.7 Å². The summed E-state index contributed by atoms with van der Waals surface area (Å²) >= 11 is 0. The predicted octanol–water partition coefficient (Wildman–Crippen LogP) is 1.96. The SMILES string of the molecule is Cc1oc(-c2nc(C#N)c(NCC3CCCO3)o2)cc1S(=O)(=O)N(C)C. The predicted molar refractivity (Wildman–Crippen MR) is 92.0 cm³/mol. The van der Waals surface area contributed by atoms with Crippen LogP contribution in [0.4, 0.5) is 5.88 Å². The van der Waals surface area contributed by atoms with Crippen molar-refractivity contribution >= 4 is 15.9 Å². The fourth-order valence-corrected chi connectivity index (χ4v) is 3.71. The second-order valence-corrected chi connectivity index (χ2v) is 8.26. The lowest BCUT2D eigenvalue weighted by Crippen LogP contribution is -2.22. The number of aryl methyl sites for hydroxylation is 1. The number of hydrogen-bond acceptors (Lipinski definition) is 8. The summed E-state index contributed by atoms with van der Waals surface area (Å²) in [5.74, 6) is 0.618. The molecule has 1 N–H and O–H groups in total. The van der Waals surface area contributed by atoms with Crippen molar-refractivity contribution in [2.45, 2.75) is 30.8 Å². The van der Waals surface area contributed by atoms with Gasteiger partial charge < -0.3 is 18.9 Å². The minimum absolute atomic E-state index is 0.0306. The Morgan fingerprint density at radius 3 is 2.81 bits per heavy atom. The fourth-order valence-electron chi connectivity index (χ4n) is 2.66. The number of furan rings is 1. The molecule has 10 heteroatoms. The smallest absolute Gasteiger partial charge is 0.266 e. The summed E-state index contributed by atoms with van der Waals surface area (Å²) < 4.78 is 42.3. The summed E-state index contributed by atoms with van der Waals surface area (Å²) in [6.45, 7) is 2.78. The van der Waals surface area contributed by atoms with Gasteiger partial charge in [0.15, 0.2) is 5.76 Å². The first-order valence-corrected chi connectivity index (χ1v) is 9.56. The number of ether oxygens (including phenoxy) is 1. The van der Waals surface area contributed by atoms with E-state index in [9.17, 15) is 13.7 Å². The van der Waals surface area contributed by atoms with Crippen LogP contribution >= 0.6 is 0 Å². The Morgan fingerprint density at radius 2 is 2.19 bits per heavy atom. The highest BCUT2D eigenvalue weighted by Crippen LogP contribution is 2.31. The molecule has 0 saturated carbocycles. The van der Waals surface area contributed by atoms with Gasteiger partial charge in [0.1, 0.15) is 16.7 Å². The molecule has 1 fully saturated rings. The standard InChI is InChI=1S/C16H20N4O5S/c1-10-14(26(21,22)20(2)3)7-13(24-10)16-19-12(8-17)15(25-16)18-9-11-5-4-6-23-11/h7,11,18H,4-6,9H2,1-3H3. The average Bonchev–Trinajstić information content (AvgIpc) is 3.31. The minimum atomic E-state index is -3.65. The van der Waals surface area contributed by atoms with Gasteiger partial charge in [-0.2, -0.15) is 10.2 Å². The number of rotatable bonds is 6. The Morgan fingerprint density at radius 1 is 1.42 bits per heavy atom. The van der Waals surface area contributed by atoms with Crippen LogP contribution in [-0.4, -0.2) is 51.1 Å². The van der Waals surface area contributed by atoms with Crippen LogP contribution in [0.1, 0.15) is 24.3 Å². The Hall–Kier alpha value is -2.35. The quantitative estimate of drug-likeness (QED) is 0.807. The molecule has 3 rings (SSSR count). The van der Waals surface area contributed by atoms with Gasteiger partial charge in [0.2, 0.25) is 21.6 Å². The molecule has 2 aromatic heterocycles. The molecule has 3 heterocycles. The van der Waals surface area contributed by atoms with E-state index < -0.39 is 10.0 Å². The lowest BCUT2D eigenvalue weighted by Gasteiger charge is -2.09. The first-order valence-electron chi connectivity index (χ1n) is 8.12. The molecule has 1 atom stereocenters. The van der Waals surface area contributed by atoms with E-state index in [2.05, 4.69) is 10.3 Å². The second-order valence-electron chi connectivity index (χ2n) is 6.14. The van der Waals surface area contributed by atoms with Crippen LogP contribution in [0.5, 0.6) is 0 Å². The molecule has 0 spiro atoms. The lowest BCUT2D eigenvalue weighted by molar-refractivity contribution is 0.120. The molecule has 1 aliphatic heterocycles. The van der Waals surface area contributed by atoms with E-state index in [0.717, 1.165) is 23.8 Å². The van der Waals surface area contributed by atoms with Crippen molar-refractivity contribution in [3.63, 3.8) is 0 Å². The van der Waals surface area contributed by atoms with Gasteiger partial charge in [-0.05, 0) is 19.8 Å². The van der Waals surface area contributed by atoms with Crippen LogP contribution in [0.15, 0.2) is 19.8 Å². The van der Waals surface area contributed by atoms with Gasteiger partial charge in [0.05, 0.1) is 6.10 Å². The Labute approximate surface area is 151 Å². The van der Waals surface area contributed by atoms with Crippen LogP contribution in [0.2, 0.25) is 0 Å². The van der Waals surface area contributed by atoms with E-state index in [1.807, 2.05) is 6.07 Å². The molecule has 1 aliphatic rings. The topological polar surface area (TPSA) is 122 Å². The third-order valence-electron chi connectivity index (χ3n) is 4.09. The summed E-state index contributed by atoms with van der Waals surface area (Å²) in [5, 5.41) is 12.3. The zero-order valence-electron chi connectivity index (χ0n) is 14.8. The first-order chi connectivity index (χ1) is 12.3. The molecule has 9 nitrogen and oxygen atoms in total. The van der Waals surface area contributed by atoms with Gasteiger partial charge in [-0.3, -0.25) is 0 Å². The number of aromatic nitrogens is 1. The third kappa shape index (κ3) is 3.46. The monoisotopic (exact) mass is 380 g/mol. The van der Waals surface area contributed by atoms with Gasteiger partial charge in [-0.1, -0.05) is 0 Å². The number of anilines is 1. The highest BCUT2D eigenvalue weighted by atomic mass is 32.2. The third-order valence-corrected chi connectivity index (χ3v) is 6.01. The number of nitrogens with zero attached hydrogens (tertiary/aromatic N) is 3. The molecule has 1 saturated heterocycles. The Kier molecular flexibility index (Phi) is 5.04. The molecule has 0 amide bonds. The molecule has 2 aromatic rings. The summed E-state index contributed by atoms with van der Waals surface area (Å²) in [6, 6.07) is 3.30. The summed E-state index contributed by atoms with van der Waals surface area (Å²) in [5.41, 5.74) is 0.0732. The number of oxazole rings is 1. The maximum Gasteiger partial charge on any atom is 0.266 e. The molecule has 1 unspecified atom stereocenters. The van der Waals surface area contributed by atoms with Crippen molar-refractivity contribution < 1.29 is 22.0 Å². The first kappa shape index (κ1) is 18.4. The van der Waals surface area contributed by atoms with Crippen LogP contribution in [0, 0.1) is 18.3 Å². The fraction of sp³-hybridized carbons (Fsp3) is 0.500. The molecular weight excluding hydrogens is 360 g/mol. The van der Waals surface area contributed by atoms with Gasteiger partial charge in [-0.25, -0.2) is 12.7 Å². The Balaban J connectivity index is 1.87. The molecule has 0 aromatic carbocycles. The largest absolute Gasteiger partial charge is 0.455 e. The lowest BCUT2D eigenvalue weighted by atomic mass is 10.2. The van der Waals surface area contributed by atoms with Gasteiger partial charge >= 0.3 is 0 Å². The van der Waals surface area contributed by atoms with E-state index in [1.54, 1.807) is 6.92 Å². The van der Waals surface area contributed by atoms with E-state index in [1.165, 1.54) is 20.2 Å². The number of nitriles is 1. The van der Waals surface area contributed by atoms with Crippen molar-refractivity contribution in [1.29, 1.82) is 5.26 Å². The maximum absolute atomic E-state index is 12.3. The van der Waals surface area contributed by atoms with Crippen molar-refractivity contribution in [2.24, 2.45) is 0 Å². The average molecular weight is 380 g/mol. The van der Waals surface area contributed by atoms with E-state index in [4.69, 9.17) is 13.6 Å². The maximum atomic E-state index is 12.3. The van der Waals surface area contributed by atoms with Crippen molar-refractivity contribution in [2.75, 3.05) is 32.6 Å². The minimum Gasteiger partial charge on any atom is -0.455 e. The van der Waals surface area contributed by atoms with Crippen molar-refractivity contribution in [3.05, 3.63) is 17.5 Å². The van der Waals surface area contributed by atoms with Crippen LogP contribution in [0.25, 0.3) is 11.7 Å². The zero-order chi connectivity index (χ0) is 18.9. The van der Waals surface area contributed by atoms with E-state index in [-0.39, 0.29) is 40.0 Å². The molecule has 140 valence electrons. The van der Waals surface area contributed by atoms with Gasteiger partial charge in [0, 0.05) is 33.3 Å². The summed E-state index contributed by atoms with van der Waals surface area (Å²) in [6.07, 6.45) is 2.02. The highest BCUT2D eigenvalue weighted by molar-refractivity contribution is 7.89. The van der Waals surface area contributed by atoms with Crippen molar-refractivity contribution in [1.82, 2.24) is 9.29 Å². The molecule has 26 heavy (non-hydrogen) atoms. The number of sulfonamides is 1. The van der Waals surface area contributed by atoms with E-state index >= 15 is 0 Å². The summed E-state index contributed by atoms with van der Waals surface area (Å²) in [7, 11) is -0.776.